The number of fused-ring (bicyclic) bond motifs is 3. The van der Waals surface area contributed by atoms with Crippen LogP contribution in [0.5, 0.6) is 0 Å². The molecule has 0 saturated heterocycles. The smallest absolute Gasteiger partial charge is 0.262 e. The van der Waals surface area contributed by atoms with Crippen LogP contribution in [-0.4, -0.2) is 20.4 Å². The second kappa shape index (κ2) is 7.38. The fourth-order valence-electron chi connectivity index (χ4n) is 4.66. The van der Waals surface area contributed by atoms with E-state index >= 15 is 0 Å². The molecule has 6 nitrogen and oxygen atoms in total. The van der Waals surface area contributed by atoms with E-state index in [-0.39, 0.29) is 17.5 Å². The van der Waals surface area contributed by atoms with Crippen LogP contribution in [0, 0.1) is 12.8 Å². The maximum absolute atomic E-state index is 13.6. The Labute approximate surface area is 180 Å². The van der Waals surface area contributed by atoms with Gasteiger partial charge in [-0.15, -0.1) is 0 Å². The predicted octanol–water partition coefficient (Wildman–Crippen LogP) is 4.19. The number of hydrogen-bond donors (Lipinski definition) is 2. The summed E-state index contributed by atoms with van der Waals surface area (Å²) in [5.74, 6) is 0.883. The normalized spacial score (nSPS) is 18.5. The van der Waals surface area contributed by atoms with Crippen molar-refractivity contribution < 1.29 is 4.79 Å². The number of para-hydroxylation sites is 1. The van der Waals surface area contributed by atoms with Gasteiger partial charge in [-0.2, -0.15) is 0 Å². The lowest BCUT2D eigenvalue weighted by Gasteiger charge is -2.33. The summed E-state index contributed by atoms with van der Waals surface area (Å²) in [6, 6.07) is 12.8. The summed E-state index contributed by atoms with van der Waals surface area (Å²) in [4.78, 5) is 35.0. The van der Waals surface area contributed by atoms with Gasteiger partial charge in [-0.1, -0.05) is 43.7 Å². The highest BCUT2D eigenvalue weighted by molar-refractivity contribution is 5.87. The van der Waals surface area contributed by atoms with Gasteiger partial charge in [0.25, 0.3) is 5.56 Å². The zero-order valence-electron chi connectivity index (χ0n) is 18.0. The lowest BCUT2D eigenvalue weighted by Crippen LogP contribution is -2.48. The molecule has 31 heavy (non-hydrogen) atoms. The summed E-state index contributed by atoms with van der Waals surface area (Å²) in [5.41, 5.74) is 3.57. The first-order chi connectivity index (χ1) is 14.9. The van der Waals surface area contributed by atoms with Crippen LogP contribution in [0.25, 0.3) is 21.8 Å². The van der Waals surface area contributed by atoms with Crippen LogP contribution in [0.1, 0.15) is 49.3 Å². The quantitative estimate of drug-likeness (QED) is 0.526. The molecular formula is C25H26N4O2. The van der Waals surface area contributed by atoms with E-state index in [4.69, 9.17) is 4.98 Å². The molecule has 1 aliphatic heterocycles. The third-order valence-electron chi connectivity index (χ3n) is 6.12. The molecule has 0 bridgehead atoms. The molecule has 2 atom stereocenters. The van der Waals surface area contributed by atoms with Gasteiger partial charge in [0.1, 0.15) is 11.9 Å². The lowest BCUT2D eigenvalue weighted by atomic mass is 9.96. The van der Waals surface area contributed by atoms with Crippen molar-refractivity contribution in [3.05, 3.63) is 76.0 Å². The average molecular weight is 415 g/mol. The summed E-state index contributed by atoms with van der Waals surface area (Å²) >= 11 is 0. The van der Waals surface area contributed by atoms with Gasteiger partial charge in [0.15, 0.2) is 0 Å². The van der Waals surface area contributed by atoms with Gasteiger partial charge in [0.2, 0.25) is 5.91 Å². The summed E-state index contributed by atoms with van der Waals surface area (Å²) in [6.45, 7) is 6.18. The number of benzene rings is 2. The van der Waals surface area contributed by atoms with Gasteiger partial charge in [-0.25, -0.2) is 4.98 Å². The molecule has 0 aliphatic carbocycles. The van der Waals surface area contributed by atoms with E-state index in [0.29, 0.717) is 29.1 Å². The molecule has 2 aromatic carbocycles. The largest absolute Gasteiger partial charge is 0.361 e. The lowest BCUT2D eigenvalue weighted by molar-refractivity contribution is -0.126. The topological polar surface area (TPSA) is 79.8 Å². The number of nitrogens with zero attached hydrogens (tertiary/aromatic N) is 2. The van der Waals surface area contributed by atoms with Crippen molar-refractivity contribution in [3.63, 3.8) is 0 Å². The molecule has 6 heteroatoms. The molecule has 0 unspecified atom stereocenters. The van der Waals surface area contributed by atoms with Crippen LogP contribution < -0.4 is 10.9 Å². The predicted molar refractivity (Wildman–Crippen MR) is 122 cm³/mol. The van der Waals surface area contributed by atoms with Crippen LogP contribution in [0.2, 0.25) is 0 Å². The van der Waals surface area contributed by atoms with Crippen LogP contribution in [0.3, 0.4) is 0 Å². The van der Waals surface area contributed by atoms with E-state index in [1.807, 2.05) is 55.6 Å². The van der Waals surface area contributed by atoms with Gasteiger partial charge >= 0.3 is 0 Å². The van der Waals surface area contributed by atoms with E-state index in [0.717, 1.165) is 28.5 Å². The first-order valence-electron chi connectivity index (χ1n) is 10.8. The van der Waals surface area contributed by atoms with Gasteiger partial charge in [-0.05, 0) is 43.0 Å². The summed E-state index contributed by atoms with van der Waals surface area (Å²) in [6.07, 6.45) is 3.09. The van der Waals surface area contributed by atoms with E-state index in [1.54, 1.807) is 4.57 Å². The number of rotatable bonds is 4. The molecule has 0 radical (unpaired) electrons. The molecule has 2 N–H and O–H groups in total. The minimum Gasteiger partial charge on any atom is -0.361 e. The zero-order valence-corrected chi connectivity index (χ0v) is 18.0. The Bertz CT molecular complexity index is 1370. The Morgan fingerprint density at radius 3 is 2.71 bits per heavy atom. The van der Waals surface area contributed by atoms with Gasteiger partial charge in [0, 0.05) is 23.5 Å². The number of hydrogen-bond acceptors (Lipinski definition) is 3. The van der Waals surface area contributed by atoms with Crippen molar-refractivity contribution in [2.24, 2.45) is 5.92 Å². The highest BCUT2D eigenvalue weighted by Gasteiger charge is 2.36. The van der Waals surface area contributed by atoms with E-state index in [1.165, 1.54) is 0 Å². The second-order valence-corrected chi connectivity index (χ2v) is 8.94. The molecule has 5 rings (SSSR count). The maximum Gasteiger partial charge on any atom is 0.262 e. The third kappa shape index (κ3) is 3.32. The Morgan fingerprint density at radius 1 is 1.10 bits per heavy atom. The Morgan fingerprint density at radius 2 is 1.90 bits per heavy atom. The van der Waals surface area contributed by atoms with Crippen LogP contribution in [0.15, 0.2) is 53.5 Å². The standard InChI is InChI=1S/C25H26N4O2/c1-14(2)10-21-23-27-20-9-8-15(3)11-18(20)25(31)29(23)22(24(30)28-21)12-16-13-26-19-7-5-4-6-17(16)19/h4-9,11,13-14,21-22,26H,10,12H2,1-3H3,(H,28,30)/t21-,22+/m0/s1. The molecule has 2 aromatic heterocycles. The first-order valence-corrected chi connectivity index (χ1v) is 10.8. The molecule has 1 aliphatic rings. The number of carbonyl (C=O) groups is 1. The number of carbonyl (C=O) groups excluding carboxylic acids is 1. The number of aromatic amines is 1. The minimum atomic E-state index is -0.637. The van der Waals surface area contributed by atoms with Crippen molar-refractivity contribution in [1.82, 2.24) is 19.9 Å². The first kappa shape index (κ1) is 19.5. The van der Waals surface area contributed by atoms with Crippen LogP contribution in [-0.2, 0) is 11.2 Å². The molecule has 0 spiro atoms. The SMILES string of the molecule is Cc1ccc2nc3n(c(=O)c2c1)[C@H](Cc1c[nH]c2ccccc12)C(=O)N[C@H]3CC(C)C. The fourth-order valence-corrected chi connectivity index (χ4v) is 4.66. The number of aryl methyl sites for hydroxylation is 1. The van der Waals surface area contributed by atoms with Crippen molar-refractivity contribution in [2.75, 3.05) is 0 Å². The van der Waals surface area contributed by atoms with Crippen molar-refractivity contribution in [1.29, 1.82) is 0 Å². The van der Waals surface area contributed by atoms with Gasteiger partial charge < -0.3 is 10.3 Å². The molecule has 0 fully saturated rings. The Kier molecular flexibility index (Phi) is 4.65. The monoisotopic (exact) mass is 414 g/mol. The van der Waals surface area contributed by atoms with Crippen molar-refractivity contribution in [2.45, 2.75) is 45.7 Å². The van der Waals surface area contributed by atoms with Gasteiger partial charge in [-0.3, -0.25) is 14.2 Å². The summed E-state index contributed by atoms with van der Waals surface area (Å²) < 4.78 is 1.65. The minimum absolute atomic E-state index is 0.126. The van der Waals surface area contributed by atoms with E-state index in [2.05, 4.69) is 24.1 Å². The molecule has 3 heterocycles. The molecule has 158 valence electrons. The number of H-pyrrole nitrogens is 1. The van der Waals surface area contributed by atoms with E-state index in [9.17, 15) is 9.59 Å². The number of nitrogens with one attached hydrogen (secondary N) is 2. The molecular weight excluding hydrogens is 388 g/mol. The maximum atomic E-state index is 13.6. The zero-order chi connectivity index (χ0) is 21.7. The van der Waals surface area contributed by atoms with Crippen molar-refractivity contribution >= 4 is 27.7 Å². The van der Waals surface area contributed by atoms with Crippen LogP contribution >= 0.6 is 0 Å². The molecule has 0 saturated carbocycles. The second-order valence-electron chi connectivity index (χ2n) is 8.94. The molecule has 4 aromatic rings. The third-order valence-corrected chi connectivity index (χ3v) is 6.12. The van der Waals surface area contributed by atoms with Crippen LogP contribution in [0.4, 0.5) is 0 Å². The number of aromatic nitrogens is 3. The Hall–Kier alpha value is -3.41. The summed E-state index contributed by atoms with van der Waals surface area (Å²) in [7, 11) is 0. The van der Waals surface area contributed by atoms with Gasteiger partial charge in [0.05, 0.1) is 16.9 Å². The van der Waals surface area contributed by atoms with Crippen molar-refractivity contribution in [3.8, 4) is 0 Å². The summed E-state index contributed by atoms with van der Waals surface area (Å²) in [5, 5.41) is 4.78. The van der Waals surface area contributed by atoms with E-state index < -0.39 is 6.04 Å². The highest BCUT2D eigenvalue weighted by atomic mass is 16.2. The average Bonchev–Trinajstić information content (AvgIpc) is 3.14. The number of amides is 1. The molecule has 1 amide bonds. The fraction of sp³-hybridized carbons (Fsp3) is 0.320. The Balaban J connectivity index is 1.69. The highest BCUT2D eigenvalue weighted by Crippen LogP contribution is 2.31.